The Morgan fingerprint density at radius 3 is 2.30 bits per heavy atom. The summed E-state index contributed by atoms with van der Waals surface area (Å²) in [4.78, 5) is 83.5. The van der Waals surface area contributed by atoms with Crippen molar-refractivity contribution in [1.82, 2.24) is 24.7 Å². The van der Waals surface area contributed by atoms with E-state index in [2.05, 4.69) is 19.8 Å². The average Bonchev–Trinajstić information content (AvgIpc) is 3.75. The van der Waals surface area contributed by atoms with E-state index in [0.29, 0.717) is 61.0 Å². The molecule has 6 aliphatic rings. The Kier molecular flexibility index (Phi) is 10.4. The first-order valence-electron chi connectivity index (χ1n) is 20.7. The maximum atomic E-state index is 15.8. The van der Waals surface area contributed by atoms with Gasteiger partial charge in [0.15, 0.2) is 0 Å². The maximum Gasteiger partial charge on any atom is 0.268 e. The normalized spacial score (nSPS) is 24.5. The highest BCUT2D eigenvalue weighted by molar-refractivity contribution is 6.31. The molecule has 1 spiro atoms. The number of carbonyl (C=O) groups excluding carboxylic acids is 5. The molecule has 5 fully saturated rings. The van der Waals surface area contributed by atoms with Gasteiger partial charge in [-0.05, 0) is 88.1 Å². The molecule has 5 aliphatic heterocycles. The Labute approximate surface area is 351 Å². The highest BCUT2D eigenvalue weighted by Crippen LogP contribution is 2.44. The first-order chi connectivity index (χ1) is 28.9. The molecule has 4 saturated heterocycles. The zero-order valence-electron chi connectivity index (χ0n) is 33.0. The van der Waals surface area contributed by atoms with Gasteiger partial charge in [0.05, 0.1) is 45.9 Å². The minimum absolute atomic E-state index is 0.00107. The Balaban J connectivity index is 0.787. The van der Waals surface area contributed by atoms with Gasteiger partial charge in [-0.1, -0.05) is 11.6 Å². The van der Waals surface area contributed by atoms with Crippen LogP contribution in [0.4, 0.5) is 15.9 Å². The van der Waals surface area contributed by atoms with Crippen molar-refractivity contribution < 1.29 is 33.1 Å². The van der Waals surface area contributed by atoms with E-state index in [4.69, 9.17) is 27.3 Å². The number of likely N-dealkylation sites (tertiary alicyclic amines) is 2. The van der Waals surface area contributed by atoms with E-state index in [9.17, 15) is 24.0 Å². The summed E-state index contributed by atoms with van der Waals surface area (Å²) in [5.41, 5.74) is 6.08. The number of amides is 5. The number of primary amides is 1. The summed E-state index contributed by atoms with van der Waals surface area (Å²) in [6.07, 6.45) is 7.93. The molecule has 2 N–H and O–H groups in total. The number of imide groups is 2. The molecule has 3 aromatic rings. The van der Waals surface area contributed by atoms with Crippen LogP contribution < -0.4 is 20.3 Å². The van der Waals surface area contributed by atoms with E-state index < -0.39 is 41.5 Å². The molecule has 0 radical (unpaired) electrons. The first kappa shape index (κ1) is 39.8. The predicted molar refractivity (Wildman–Crippen MR) is 216 cm³/mol. The van der Waals surface area contributed by atoms with Crippen molar-refractivity contribution in [3.05, 3.63) is 75.9 Å². The van der Waals surface area contributed by atoms with Crippen molar-refractivity contribution in [2.75, 3.05) is 55.6 Å². The lowest BCUT2D eigenvalue weighted by atomic mass is 9.78. The minimum Gasteiger partial charge on any atom is -0.490 e. The Hall–Kier alpha value is -5.66. The van der Waals surface area contributed by atoms with Crippen LogP contribution in [0.3, 0.4) is 0 Å². The van der Waals surface area contributed by atoms with Crippen LogP contribution in [0.15, 0.2) is 42.7 Å². The molecule has 15 nitrogen and oxygen atoms in total. The largest absolute Gasteiger partial charge is 0.490 e. The fourth-order valence-electron chi connectivity index (χ4n) is 10.2. The maximum absolute atomic E-state index is 15.8. The number of carbonyl (C=O) groups is 5. The van der Waals surface area contributed by atoms with E-state index in [1.807, 2.05) is 11.0 Å². The lowest BCUT2D eigenvalue weighted by Gasteiger charge is -2.49. The smallest absolute Gasteiger partial charge is 0.268 e. The van der Waals surface area contributed by atoms with E-state index in [1.165, 1.54) is 17.2 Å². The second-order valence-electron chi connectivity index (χ2n) is 17.2. The van der Waals surface area contributed by atoms with Crippen LogP contribution in [0.25, 0.3) is 0 Å². The number of nitriles is 1. The van der Waals surface area contributed by atoms with Gasteiger partial charge in [-0.2, -0.15) is 5.26 Å². The summed E-state index contributed by atoms with van der Waals surface area (Å²) in [6, 6.07) is 7.90. The number of nitrogens with zero attached hydrogens (tertiary/aromatic N) is 8. The van der Waals surface area contributed by atoms with Crippen LogP contribution in [0, 0.1) is 28.5 Å². The molecule has 17 heteroatoms. The fourth-order valence-corrected chi connectivity index (χ4v) is 10.4. The molecule has 5 amide bonds. The summed E-state index contributed by atoms with van der Waals surface area (Å²) in [5, 5.41) is 9.45. The van der Waals surface area contributed by atoms with Crippen molar-refractivity contribution >= 4 is 52.6 Å². The number of rotatable bonds is 9. The third-order valence-corrected chi connectivity index (χ3v) is 13.7. The van der Waals surface area contributed by atoms with Crippen LogP contribution in [-0.2, 0) is 9.59 Å². The third-order valence-electron chi connectivity index (χ3n) is 13.3. The van der Waals surface area contributed by atoms with E-state index in [1.54, 1.807) is 24.4 Å². The molecule has 1 atom stereocenters. The molecule has 1 aliphatic carbocycles. The summed E-state index contributed by atoms with van der Waals surface area (Å²) >= 11 is 6.17. The molecule has 9 rings (SSSR count). The molecule has 0 bridgehead atoms. The summed E-state index contributed by atoms with van der Waals surface area (Å²) in [6.45, 7) is 5.81. The third kappa shape index (κ3) is 7.31. The van der Waals surface area contributed by atoms with Gasteiger partial charge in [0, 0.05) is 63.2 Å². The first-order valence-corrected chi connectivity index (χ1v) is 21.1. The summed E-state index contributed by atoms with van der Waals surface area (Å²) < 4.78 is 21.9. The monoisotopic (exact) mass is 837 g/mol. The van der Waals surface area contributed by atoms with Crippen LogP contribution in [0.5, 0.6) is 5.75 Å². The fraction of sp³-hybridized carbons (Fsp3) is 0.488. The second kappa shape index (κ2) is 15.7. The standard InChI is InChI=1S/C43H45ClFN9O6/c44-32-15-29(4-1-26(32)18-46)60-28-5-2-27(3-6-28)53-38(55)8-7-35(42(53)59)54-40(57)30-16-33(45)36(17-31(30)41(54)58)52-23-43(24-52)11-14-50(22-43)21-25-9-12-51(13-10-25)37-20-48-34(19-49-37)39(47)56/h1,4,15-17,19-20,25,27-28,35H,2-3,5-14,21-24H2,(H2,47,56). The number of anilines is 2. The van der Waals surface area contributed by atoms with Gasteiger partial charge in [-0.3, -0.25) is 33.8 Å². The Bertz CT molecular complexity index is 2300. The SMILES string of the molecule is N#Cc1ccc(OC2CCC(N3C(=O)CCC(N4C(=O)c5cc(F)c(N6CC7(CCN(CC8CCN(c9cnc(C(N)=O)cn9)CC8)C7)C6)cc5C4=O)C3=O)CC2)cc1Cl. The second-order valence-corrected chi connectivity index (χ2v) is 17.6. The highest BCUT2D eigenvalue weighted by Gasteiger charge is 2.51. The van der Waals surface area contributed by atoms with Gasteiger partial charge in [0.25, 0.3) is 23.6 Å². The van der Waals surface area contributed by atoms with Gasteiger partial charge in [-0.25, -0.2) is 14.4 Å². The topological polar surface area (TPSA) is 186 Å². The predicted octanol–water partition coefficient (Wildman–Crippen LogP) is 4.17. The number of aromatic nitrogens is 2. The number of fused-ring (bicyclic) bond motifs is 1. The number of benzene rings is 2. The van der Waals surface area contributed by atoms with Gasteiger partial charge in [0.2, 0.25) is 5.91 Å². The van der Waals surface area contributed by atoms with E-state index in [-0.39, 0.29) is 52.8 Å². The molecular formula is C43H45ClFN9O6. The molecule has 312 valence electrons. The Morgan fingerprint density at radius 2 is 1.63 bits per heavy atom. The molecular weight excluding hydrogens is 793 g/mol. The molecule has 2 aromatic carbocycles. The van der Waals surface area contributed by atoms with E-state index in [0.717, 1.165) is 68.8 Å². The van der Waals surface area contributed by atoms with Crippen LogP contribution >= 0.6 is 11.6 Å². The zero-order chi connectivity index (χ0) is 41.9. The summed E-state index contributed by atoms with van der Waals surface area (Å²) in [5.74, 6) is -1.69. The van der Waals surface area contributed by atoms with Crippen molar-refractivity contribution in [1.29, 1.82) is 5.26 Å². The zero-order valence-corrected chi connectivity index (χ0v) is 33.8. The average molecular weight is 838 g/mol. The lowest BCUT2D eigenvalue weighted by Crippen LogP contribution is -2.59. The van der Waals surface area contributed by atoms with Crippen molar-refractivity contribution in [3.8, 4) is 11.8 Å². The highest BCUT2D eigenvalue weighted by atomic mass is 35.5. The minimum atomic E-state index is -1.16. The van der Waals surface area contributed by atoms with Gasteiger partial charge < -0.3 is 25.2 Å². The number of hydrogen-bond acceptors (Lipinski definition) is 12. The van der Waals surface area contributed by atoms with E-state index >= 15 is 4.39 Å². The van der Waals surface area contributed by atoms with Gasteiger partial charge >= 0.3 is 0 Å². The number of nitrogens with two attached hydrogens (primary N) is 1. The van der Waals surface area contributed by atoms with Crippen LogP contribution in [0.1, 0.15) is 94.6 Å². The molecule has 1 aromatic heterocycles. The van der Waals surface area contributed by atoms with Crippen molar-refractivity contribution in [2.24, 2.45) is 17.1 Å². The van der Waals surface area contributed by atoms with Gasteiger partial charge in [-0.15, -0.1) is 0 Å². The molecule has 1 unspecified atom stereocenters. The van der Waals surface area contributed by atoms with Crippen molar-refractivity contribution in [2.45, 2.75) is 76.0 Å². The van der Waals surface area contributed by atoms with Crippen molar-refractivity contribution in [3.63, 3.8) is 0 Å². The number of halogens is 2. The lowest BCUT2D eigenvalue weighted by molar-refractivity contribution is -0.155. The van der Waals surface area contributed by atoms with Crippen LogP contribution in [0.2, 0.25) is 5.02 Å². The number of hydrogen-bond donors (Lipinski definition) is 1. The molecule has 60 heavy (non-hydrogen) atoms. The molecule has 6 heterocycles. The molecule has 1 saturated carbocycles. The Morgan fingerprint density at radius 1 is 0.900 bits per heavy atom. The van der Waals surface area contributed by atoms with Crippen LogP contribution in [-0.4, -0.2) is 118 Å². The summed E-state index contributed by atoms with van der Waals surface area (Å²) in [7, 11) is 0. The van der Waals surface area contributed by atoms with Gasteiger partial charge in [0.1, 0.15) is 35.2 Å². The number of piperidine rings is 2. The quantitative estimate of drug-likeness (QED) is 0.304. The number of ether oxygens (including phenoxy) is 1.